The van der Waals surface area contributed by atoms with E-state index in [-0.39, 0.29) is 5.82 Å². The Kier molecular flexibility index (Phi) is 1.59. The highest BCUT2D eigenvalue weighted by Crippen LogP contribution is 2.23. The lowest BCUT2D eigenvalue weighted by Gasteiger charge is -2.02. The van der Waals surface area contributed by atoms with Gasteiger partial charge in [0.25, 0.3) is 0 Å². The number of hydrogen-bond acceptors (Lipinski definition) is 2. The van der Waals surface area contributed by atoms with Gasteiger partial charge in [-0.2, -0.15) is 0 Å². The number of anilines is 2. The number of fused-ring (bicyclic) bond motifs is 1. The van der Waals surface area contributed by atoms with Crippen LogP contribution >= 0.6 is 0 Å². The molecule has 0 aromatic heterocycles. The fraction of sp³-hybridized carbons (Fsp3) is 0. The molecule has 0 amide bonds. The van der Waals surface area contributed by atoms with Crippen LogP contribution in [-0.2, 0) is 0 Å². The van der Waals surface area contributed by atoms with Crippen molar-refractivity contribution < 1.29 is 4.39 Å². The SMILES string of the molecule is Nc1cc(F)c2cc(N)ccc2c1. The molecule has 0 fully saturated rings. The summed E-state index contributed by atoms with van der Waals surface area (Å²) in [5, 5.41) is 1.28. The van der Waals surface area contributed by atoms with Gasteiger partial charge in [0.15, 0.2) is 0 Å². The van der Waals surface area contributed by atoms with Crippen molar-refractivity contribution in [1.82, 2.24) is 0 Å². The molecule has 0 radical (unpaired) electrons. The first kappa shape index (κ1) is 7.86. The van der Waals surface area contributed by atoms with Crippen molar-refractivity contribution in [3.8, 4) is 0 Å². The first-order valence-corrected chi connectivity index (χ1v) is 3.91. The summed E-state index contributed by atoms with van der Waals surface area (Å²) < 4.78 is 13.3. The summed E-state index contributed by atoms with van der Waals surface area (Å²) in [4.78, 5) is 0. The van der Waals surface area contributed by atoms with Crippen LogP contribution in [0.15, 0.2) is 30.3 Å². The molecule has 0 spiro atoms. The van der Waals surface area contributed by atoms with Crippen LogP contribution in [0.25, 0.3) is 10.8 Å². The van der Waals surface area contributed by atoms with E-state index in [4.69, 9.17) is 11.5 Å². The monoisotopic (exact) mass is 176 g/mol. The van der Waals surface area contributed by atoms with E-state index in [1.807, 2.05) is 0 Å². The van der Waals surface area contributed by atoms with Gasteiger partial charge in [0.05, 0.1) is 0 Å². The van der Waals surface area contributed by atoms with E-state index >= 15 is 0 Å². The van der Waals surface area contributed by atoms with Crippen molar-refractivity contribution in [3.05, 3.63) is 36.1 Å². The van der Waals surface area contributed by atoms with Crippen molar-refractivity contribution in [2.75, 3.05) is 11.5 Å². The molecule has 0 aliphatic heterocycles. The topological polar surface area (TPSA) is 52.0 Å². The quantitative estimate of drug-likeness (QED) is 0.604. The predicted octanol–water partition coefficient (Wildman–Crippen LogP) is 2.14. The third kappa shape index (κ3) is 1.28. The lowest BCUT2D eigenvalue weighted by molar-refractivity contribution is 0.640. The van der Waals surface area contributed by atoms with Gasteiger partial charge in [-0.15, -0.1) is 0 Å². The van der Waals surface area contributed by atoms with Crippen LogP contribution in [-0.4, -0.2) is 0 Å². The Morgan fingerprint density at radius 3 is 2.46 bits per heavy atom. The maximum atomic E-state index is 13.3. The van der Waals surface area contributed by atoms with Crippen LogP contribution in [0.5, 0.6) is 0 Å². The Hall–Kier alpha value is -1.77. The Morgan fingerprint density at radius 1 is 0.923 bits per heavy atom. The van der Waals surface area contributed by atoms with Crippen LogP contribution in [0, 0.1) is 5.82 Å². The summed E-state index contributed by atoms with van der Waals surface area (Å²) in [6, 6.07) is 8.09. The highest BCUT2D eigenvalue weighted by molar-refractivity contribution is 5.88. The van der Waals surface area contributed by atoms with Crippen LogP contribution < -0.4 is 11.5 Å². The van der Waals surface area contributed by atoms with Crippen LogP contribution in [0.1, 0.15) is 0 Å². The number of rotatable bonds is 0. The van der Waals surface area contributed by atoms with Gasteiger partial charge in [0.2, 0.25) is 0 Å². The molecular formula is C10H9FN2. The highest BCUT2D eigenvalue weighted by Gasteiger charge is 2.01. The molecule has 0 aliphatic carbocycles. The minimum absolute atomic E-state index is 0.331. The third-order valence-electron chi connectivity index (χ3n) is 1.95. The van der Waals surface area contributed by atoms with E-state index in [0.29, 0.717) is 16.8 Å². The van der Waals surface area contributed by atoms with Crippen molar-refractivity contribution >= 4 is 22.1 Å². The van der Waals surface area contributed by atoms with E-state index < -0.39 is 0 Å². The van der Waals surface area contributed by atoms with E-state index in [2.05, 4.69) is 0 Å². The maximum Gasteiger partial charge on any atom is 0.133 e. The molecule has 4 N–H and O–H groups in total. The first-order chi connectivity index (χ1) is 6.16. The number of nitrogens with two attached hydrogens (primary N) is 2. The highest BCUT2D eigenvalue weighted by atomic mass is 19.1. The molecule has 2 aromatic carbocycles. The summed E-state index contributed by atoms with van der Waals surface area (Å²) in [6.45, 7) is 0. The molecule has 2 aromatic rings. The summed E-state index contributed by atoms with van der Waals surface area (Å²) in [5.74, 6) is -0.331. The first-order valence-electron chi connectivity index (χ1n) is 3.91. The second-order valence-electron chi connectivity index (χ2n) is 2.98. The minimum atomic E-state index is -0.331. The zero-order chi connectivity index (χ0) is 9.42. The molecule has 0 unspecified atom stereocenters. The molecule has 0 bridgehead atoms. The molecule has 0 saturated carbocycles. The van der Waals surface area contributed by atoms with Crippen molar-refractivity contribution in [2.24, 2.45) is 0 Å². The largest absolute Gasteiger partial charge is 0.399 e. The fourth-order valence-corrected chi connectivity index (χ4v) is 1.35. The Balaban J connectivity index is 2.87. The van der Waals surface area contributed by atoms with Crippen molar-refractivity contribution in [1.29, 1.82) is 0 Å². The Morgan fingerprint density at radius 2 is 1.69 bits per heavy atom. The molecule has 66 valence electrons. The summed E-state index contributed by atoms with van der Waals surface area (Å²) in [7, 11) is 0. The van der Waals surface area contributed by atoms with Crippen LogP contribution in [0.2, 0.25) is 0 Å². The molecule has 0 heterocycles. The van der Waals surface area contributed by atoms with Gasteiger partial charge >= 0.3 is 0 Å². The predicted molar refractivity (Wildman–Crippen MR) is 52.7 cm³/mol. The van der Waals surface area contributed by atoms with Gasteiger partial charge < -0.3 is 11.5 Å². The van der Waals surface area contributed by atoms with Gasteiger partial charge in [-0.3, -0.25) is 0 Å². The average molecular weight is 176 g/mol. The van der Waals surface area contributed by atoms with Gasteiger partial charge in [0.1, 0.15) is 5.82 Å². The van der Waals surface area contributed by atoms with Crippen molar-refractivity contribution in [3.63, 3.8) is 0 Å². The maximum absolute atomic E-state index is 13.3. The molecular weight excluding hydrogens is 167 g/mol. The summed E-state index contributed by atoms with van der Waals surface area (Å²) in [5.41, 5.74) is 12.0. The van der Waals surface area contributed by atoms with E-state index in [9.17, 15) is 4.39 Å². The van der Waals surface area contributed by atoms with E-state index in [1.54, 1.807) is 24.3 Å². The number of halogens is 1. The third-order valence-corrected chi connectivity index (χ3v) is 1.95. The molecule has 2 nitrogen and oxygen atoms in total. The second kappa shape index (κ2) is 2.62. The Labute approximate surface area is 75.0 Å². The molecule has 0 atom stereocenters. The van der Waals surface area contributed by atoms with Gasteiger partial charge in [0, 0.05) is 16.8 Å². The summed E-state index contributed by atoms with van der Waals surface area (Å²) >= 11 is 0. The molecule has 13 heavy (non-hydrogen) atoms. The minimum Gasteiger partial charge on any atom is -0.399 e. The number of benzene rings is 2. The Bertz CT molecular complexity index is 466. The fourth-order valence-electron chi connectivity index (χ4n) is 1.35. The van der Waals surface area contributed by atoms with Crippen LogP contribution in [0.3, 0.4) is 0 Å². The standard InChI is InChI=1S/C10H9FN2/c11-10-5-8(13)3-6-1-2-7(12)4-9(6)10/h1-5H,12-13H2. The van der Waals surface area contributed by atoms with Gasteiger partial charge in [-0.1, -0.05) is 6.07 Å². The second-order valence-corrected chi connectivity index (χ2v) is 2.98. The normalized spacial score (nSPS) is 10.5. The van der Waals surface area contributed by atoms with E-state index in [0.717, 1.165) is 5.39 Å². The molecule has 0 aliphatic rings. The summed E-state index contributed by atoms with van der Waals surface area (Å²) in [6.07, 6.45) is 0. The lowest BCUT2D eigenvalue weighted by Crippen LogP contribution is -1.90. The molecule has 3 heteroatoms. The van der Waals surface area contributed by atoms with Crippen molar-refractivity contribution in [2.45, 2.75) is 0 Å². The van der Waals surface area contributed by atoms with Crippen LogP contribution in [0.4, 0.5) is 15.8 Å². The lowest BCUT2D eigenvalue weighted by atomic mass is 10.1. The molecule has 0 saturated heterocycles. The van der Waals surface area contributed by atoms with Gasteiger partial charge in [-0.05, 0) is 29.7 Å². The zero-order valence-electron chi connectivity index (χ0n) is 6.92. The molecule has 2 rings (SSSR count). The van der Waals surface area contributed by atoms with E-state index in [1.165, 1.54) is 6.07 Å². The number of hydrogen-bond donors (Lipinski definition) is 2. The zero-order valence-corrected chi connectivity index (χ0v) is 6.92. The average Bonchev–Trinajstić information content (AvgIpc) is 2.06. The smallest absolute Gasteiger partial charge is 0.133 e. The van der Waals surface area contributed by atoms with Gasteiger partial charge in [-0.25, -0.2) is 4.39 Å². The number of nitrogen functional groups attached to an aromatic ring is 2.